The summed E-state index contributed by atoms with van der Waals surface area (Å²) in [5, 5.41) is 12.6. The van der Waals surface area contributed by atoms with E-state index in [4.69, 9.17) is 12.2 Å². The molecule has 0 heterocycles. The van der Waals surface area contributed by atoms with Crippen molar-refractivity contribution in [3.63, 3.8) is 0 Å². The standard InChI is InChI=1S/C22H17N3S/c26-22(24-18-10-2-1-3-11-18)25-23-15-21-19-12-6-4-8-16(19)14-17-9-5-7-13-20(17)21/h1-15H,(H2,24,25,26)/b23-15-. The van der Waals surface area contributed by atoms with E-state index in [0.29, 0.717) is 5.11 Å². The first-order chi connectivity index (χ1) is 12.8. The Labute approximate surface area is 157 Å². The first-order valence-corrected chi connectivity index (χ1v) is 8.78. The smallest absolute Gasteiger partial charge is 0.191 e. The van der Waals surface area contributed by atoms with Gasteiger partial charge >= 0.3 is 0 Å². The Morgan fingerprint density at radius 2 is 1.35 bits per heavy atom. The van der Waals surface area contributed by atoms with Crippen LogP contribution in [0.15, 0.2) is 90.0 Å². The van der Waals surface area contributed by atoms with Gasteiger partial charge in [-0.15, -0.1) is 0 Å². The average molecular weight is 355 g/mol. The molecule has 3 nitrogen and oxygen atoms in total. The van der Waals surface area contributed by atoms with E-state index in [-0.39, 0.29) is 0 Å². The minimum absolute atomic E-state index is 0.456. The number of benzene rings is 4. The molecule has 0 aliphatic heterocycles. The molecular weight excluding hydrogens is 338 g/mol. The van der Waals surface area contributed by atoms with Gasteiger partial charge in [0.05, 0.1) is 6.21 Å². The Balaban J connectivity index is 1.63. The third-order valence-corrected chi connectivity index (χ3v) is 4.40. The summed E-state index contributed by atoms with van der Waals surface area (Å²) in [6.07, 6.45) is 1.84. The number of nitrogens with one attached hydrogen (secondary N) is 2. The molecule has 0 unspecified atom stereocenters. The molecule has 0 radical (unpaired) electrons. The van der Waals surface area contributed by atoms with Crippen LogP contribution >= 0.6 is 12.2 Å². The molecule has 4 rings (SSSR count). The quantitative estimate of drug-likeness (QED) is 0.226. The van der Waals surface area contributed by atoms with Gasteiger partial charge in [-0.2, -0.15) is 5.10 Å². The number of fused-ring (bicyclic) bond motifs is 2. The van der Waals surface area contributed by atoms with E-state index in [0.717, 1.165) is 11.3 Å². The number of thiocarbonyl (C=S) groups is 1. The molecule has 4 aromatic rings. The second-order valence-electron chi connectivity index (χ2n) is 5.92. The fourth-order valence-electron chi connectivity index (χ4n) is 3.02. The van der Waals surface area contributed by atoms with Crippen LogP contribution in [0.5, 0.6) is 0 Å². The summed E-state index contributed by atoms with van der Waals surface area (Å²) in [7, 11) is 0. The molecule has 4 aromatic carbocycles. The van der Waals surface area contributed by atoms with Crippen LogP contribution in [-0.2, 0) is 0 Å². The normalized spacial score (nSPS) is 11.1. The number of nitrogens with zero attached hydrogens (tertiary/aromatic N) is 1. The molecule has 0 saturated heterocycles. The Morgan fingerprint density at radius 1 is 0.769 bits per heavy atom. The maximum atomic E-state index is 5.31. The zero-order valence-corrected chi connectivity index (χ0v) is 14.8. The van der Waals surface area contributed by atoms with Crippen LogP contribution in [-0.4, -0.2) is 11.3 Å². The van der Waals surface area contributed by atoms with Crippen molar-refractivity contribution < 1.29 is 0 Å². The van der Waals surface area contributed by atoms with Gasteiger partial charge in [-0.1, -0.05) is 66.7 Å². The van der Waals surface area contributed by atoms with Crippen LogP contribution in [0.2, 0.25) is 0 Å². The molecule has 4 heteroatoms. The summed E-state index contributed by atoms with van der Waals surface area (Å²) >= 11 is 5.31. The SMILES string of the molecule is S=C(N/N=C\c1c2ccccc2cc2ccccc12)Nc1ccccc1. The molecule has 0 spiro atoms. The second kappa shape index (κ2) is 7.33. The Bertz CT molecular complexity index is 1050. The lowest BCUT2D eigenvalue weighted by Crippen LogP contribution is -2.23. The summed E-state index contributed by atoms with van der Waals surface area (Å²) in [4.78, 5) is 0. The predicted molar refractivity (Wildman–Crippen MR) is 115 cm³/mol. The van der Waals surface area contributed by atoms with Crippen LogP contribution in [0.1, 0.15) is 5.56 Å². The van der Waals surface area contributed by atoms with Crippen LogP contribution in [0.3, 0.4) is 0 Å². The highest BCUT2D eigenvalue weighted by Crippen LogP contribution is 2.27. The lowest BCUT2D eigenvalue weighted by molar-refractivity contribution is 1.05. The molecule has 2 N–H and O–H groups in total. The molecule has 0 aliphatic rings. The highest BCUT2D eigenvalue weighted by atomic mass is 32.1. The molecule has 0 atom stereocenters. The first kappa shape index (κ1) is 16.2. The van der Waals surface area contributed by atoms with Crippen LogP contribution in [0.25, 0.3) is 21.5 Å². The molecule has 26 heavy (non-hydrogen) atoms. The number of rotatable bonds is 3. The van der Waals surface area contributed by atoms with E-state index in [2.05, 4.69) is 58.3 Å². The molecule has 0 aromatic heterocycles. The molecular formula is C22H17N3S. The van der Waals surface area contributed by atoms with E-state index in [9.17, 15) is 0 Å². The first-order valence-electron chi connectivity index (χ1n) is 8.37. The number of hydrogen-bond acceptors (Lipinski definition) is 2. The van der Waals surface area contributed by atoms with E-state index in [1.54, 1.807) is 0 Å². The topological polar surface area (TPSA) is 36.4 Å². The van der Waals surface area contributed by atoms with Gasteiger partial charge in [-0.05, 0) is 52.0 Å². The third kappa shape index (κ3) is 3.41. The van der Waals surface area contributed by atoms with E-state index < -0.39 is 0 Å². The lowest BCUT2D eigenvalue weighted by Gasteiger charge is -2.09. The van der Waals surface area contributed by atoms with E-state index in [1.807, 2.05) is 48.7 Å². The minimum atomic E-state index is 0.456. The minimum Gasteiger partial charge on any atom is -0.331 e. The lowest BCUT2D eigenvalue weighted by atomic mass is 9.97. The molecule has 0 amide bonds. The van der Waals surface area contributed by atoms with Crippen molar-refractivity contribution in [2.45, 2.75) is 0 Å². The zero-order chi connectivity index (χ0) is 17.8. The van der Waals surface area contributed by atoms with Crippen LogP contribution in [0, 0.1) is 0 Å². The number of hydrazone groups is 1. The Morgan fingerprint density at radius 3 is 2.00 bits per heavy atom. The van der Waals surface area contributed by atoms with Gasteiger partial charge in [0, 0.05) is 11.3 Å². The summed E-state index contributed by atoms with van der Waals surface area (Å²) in [5.74, 6) is 0. The van der Waals surface area contributed by atoms with Crippen molar-refractivity contribution in [3.8, 4) is 0 Å². The Kier molecular flexibility index (Phi) is 4.58. The van der Waals surface area contributed by atoms with Gasteiger partial charge in [0.2, 0.25) is 0 Å². The zero-order valence-electron chi connectivity index (χ0n) is 14.0. The van der Waals surface area contributed by atoms with Crippen molar-refractivity contribution in [2.24, 2.45) is 5.10 Å². The molecule has 0 fully saturated rings. The van der Waals surface area contributed by atoms with Gasteiger partial charge in [0.15, 0.2) is 5.11 Å². The van der Waals surface area contributed by atoms with Gasteiger partial charge in [-0.3, -0.25) is 5.43 Å². The van der Waals surface area contributed by atoms with Crippen molar-refractivity contribution >= 4 is 50.8 Å². The molecule has 0 aliphatic carbocycles. The van der Waals surface area contributed by atoms with Crippen LogP contribution in [0.4, 0.5) is 5.69 Å². The molecule has 0 saturated carbocycles. The maximum absolute atomic E-state index is 5.31. The van der Waals surface area contributed by atoms with Gasteiger partial charge in [0.25, 0.3) is 0 Å². The largest absolute Gasteiger partial charge is 0.331 e. The molecule has 0 bridgehead atoms. The summed E-state index contributed by atoms with van der Waals surface area (Å²) < 4.78 is 0. The van der Waals surface area contributed by atoms with Gasteiger partial charge < -0.3 is 5.32 Å². The number of anilines is 1. The summed E-state index contributed by atoms with van der Waals surface area (Å²) in [5.41, 5.74) is 4.90. The average Bonchev–Trinajstić information content (AvgIpc) is 2.68. The van der Waals surface area contributed by atoms with Gasteiger partial charge in [0.1, 0.15) is 0 Å². The highest BCUT2D eigenvalue weighted by Gasteiger charge is 2.05. The molecule has 126 valence electrons. The second-order valence-corrected chi connectivity index (χ2v) is 6.33. The number of hydrogen-bond donors (Lipinski definition) is 2. The maximum Gasteiger partial charge on any atom is 0.191 e. The summed E-state index contributed by atoms with van der Waals surface area (Å²) in [6, 6.07) is 28.6. The van der Waals surface area contributed by atoms with Gasteiger partial charge in [-0.25, -0.2) is 0 Å². The van der Waals surface area contributed by atoms with Crippen molar-refractivity contribution in [1.29, 1.82) is 0 Å². The monoisotopic (exact) mass is 355 g/mol. The number of para-hydroxylation sites is 1. The van der Waals surface area contributed by atoms with Crippen molar-refractivity contribution in [2.75, 3.05) is 5.32 Å². The highest BCUT2D eigenvalue weighted by molar-refractivity contribution is 7.80. The van der Waals surface area contributed by atoms with Crippen molar-refractivity contribution in [1.82, 2.24) is 5.43 Å². The predicted octanol–water partition coefficient (Wildman–Crippen LogP) is 5.31. The van der Waals surface area contributed by atoms with E-state index in [1.165, 1.54) is 21.5 Å². The third-order valence-electron chi connectivity index (χ3n) is 4.20. The van der Waals surface area contributed by atoms with Crippen LogP contribution < -0.4 is 10.7 Å². The fraction of sp³-hybridized carbons (Fsp3) is 0. The van der Waals surface area contributed by atoms with E-state index >= 15 is 0 Å². The van der Waals surface area contributed by atoms with Crippen molar-refractivity contribution in [3.05, 3.63) is 90.5 Å². The Hall–Kier alpha value is -3.24. The fourth-order valence-corrected chi connectivity index (χ4v) is 3.19. The summed E-state index contributed by atoms with van der Waals surface area (Å²) in [6.45, 7) is 0.